The predicted molar refractivity (Wildman–Crippen MR) is 65.9 cm³/mol. The largest absolute Gasteiger partial charge is 0.296 e. The van der Waals surface area contributed by atoms with Crippen LogP contribution in [0, 0.1) is 5.92 Å². The van der Waals surface area contributed by atoms with Crippen molar-refractivity contribution in [2.45, 2.75) is 45.6 Å². The van der Waals surface area contributed by atoms with E-state index in [9.17, 15) is 0 Å². The van der Waals surface area contributed by atoms with Crippen LogP contribution in [0.25, 0.3) is 0 Å². The highest BCUT2D eigenvalue weighted by molar-refractivity contribution is 5.23. The second kappa shape index (κ2) is 4.98. The summed E-state index contributed by atoms with van der Waals surface area (Å²) in [5.74, 6) is 0.884. The number of rotatable bonds is 2. The molecule has 2 rings (SSSR count). The second-order valence-corrected chi connectivity index (χ2v) is 5.22. The fourth-order valence-corrected chi connectivity index (χ4v) is 2.62. The van der Waals surface area contributed by atoms with E-state index in [1.54, 1.807) is 0 Å². The van der Waals surface area contributed by atoms with Gasteiger partial charge in [-0.2, -0.15) is 0 Å². The van der Waals surface area contributed by atoms with Crippen LogP contribution in [-0.2, 0) is 0 Å². The maximum absolute atomic E-state index is 2.65. The first kappa shape index (κ1) is 10.9. The Morgan fingerprint density at radius 1 is 1.27 bits per heavy atom. The van der Waals surface area contributed by atoms with Gasteiger partial charge in [-0.3, -0.25) is 4.90 Å². The molecule has 1 nitrogen and oxygen atoms in total. The van der Waals surface area contributed by atoms with Gasteiger partial charge in [0.2, 0.25) is 0 Å². The van der Waals surface area contributed by atoms with Crippen LogP contribution in [0.2, 0.25) is 0 Å². The molecular weight excluding hydrogens is 182 g/mol. The SMILES string of the molecule is CC1CC[C@@H](C)CN1CC1=CCCC=C1. The van der Waals surface area contributed by atoms with Gasteiger partial charge in [0.25, 0.3) is 0 Å². The van der Waals surface area contributed by atoms with Crippen LogP contribution in [0.4, 0.5) is 0 Å². The summed E-state index contributed by atoms with van der Waals surface area (Å²) in [6, 6.07) is 0.775. The van der Waals surface area contributed by atoms with E-state index in [-0.39, 0.29) is 0 Å². The summed E-state index contributed by atoms with van der Waals surface area (Å²) in [5.41, 5.74) is 1.53. The van der Waals surface area contributed by atoms with E-state index in [1.807, 2.05) is 0 Å². The molecule has 1 aliphatic heterocycles. The van der Waals surface area contributed by atoms with Gasteiger partial charge in [-0.15, -0.1) is 0 Å². The molecule has 1 fully saturated rings. The Kier molecular flexibility index (Phi) is 3.63. The maximum Gasteiger partial charge on any atom is 0.0233 e. The van der Waals surface area contributed by atoms with Gasteiger partial charge in [0.05, 0.1) is 0 Å². The minimum absolute atomic E-state index is 0.775. The molecule has 0 spiro atoms. The van der Waals surface area contributed by atoms with E-state index in [2.05, 4.69) is 37.0 Å². The van der Waals surface area contributed by atoms with Gasteiger partial charge in [-0.05, 0) is 44.1 Å². The molecule has 0 aromatic rings. The van der Waals surface area contributed by atoms with Crippen LogP contribution in [-0.4, -0.2) is 24.0 Å². The molecule has 0 N–H and O–H groups in total. The van der Waals surface area contributed by atoms with Crippen molar-refractivity contribution < 1.29 is 0 Å². The lowest BCUT2D eigenvalue weighted by atomic mass is 9.94. The number of hydrogen-bond acceptors (Lipinski definition) is 1. The Labute approximate surface area is 93.9 Å². The number of allylic oxidation sites excluding steroid dienone is 2. The van der Waals surface area contributed by atoms with Gasteiger partial charge >= 0.3 is 0 Å². The van der Waals surface area contributed by atoms with Crippen molar-refractivity contribution in [3.05, 3.63) is 23.8 Å². The van der Waals surface area contributed by atoms with Crippen molar-refractivity contribution in [2.24, 2.45) is 5.92 Å². The Balaban J connectivity index is 1.92. The normalized spacial score (nSPS) is 32.8. The van der Waals surface area contributed by atoms with Crippen LogP contribution in [0.3, 0.4) is 0 Å². The Hall–Kier alpha value is -0.560. The van der Waals surface area contributed by atoms with E-state index in [1.165, 1.54) is 44.3 Å². The monoisotopic (exact) mass is 205 g/mol. The van der Waals surface area contributed by atoms with E-state index < -0.39 is 0 Å². The van der Waals surface area contributed by atoms with E-state index >= 15 is 0 Å². The molecule has 0 aromatic heterocycles. The minimum Gasteiger partial charge on any atom is -0.296 e. The highest BCUT2D eigenvalue weighted by Gasteiger charge is 2.22. The lowest BCUT2D eigenvalue weighted by Crippen LogP contribution is -2.41. The summed E-state index contributed by atoms with van der Waals surface area (Å²) in [6.45, 7) is 7.21. The average Bonchev–Trinajstić information content (AvgIpc) is 2.25. The number of nitrogens with zero attached hydrogens (tertiary/aromatic N) is 1. The first-order valence-electron chi connectivity index (χ1n) is 6.35. The molecule has 1 heterocycles. The summed E-state index contributed by atoms with van der Waals surface area (Å²) in [7, 11) is 0. The molecule has 1 heteroatoms. The zero-order valence-electron chi connectivity index (χ0n) is 10.1. The Morgan fingerprint density at radius 3 is 2.87 bits per heavy atom. The molecular formula is C14H23N. The lowest BCUT2D eigenvalue weighted by Gasteiger charge is -2.37. The van der Waals surface area contributed by atoms with E-state index in [0.717, 1.165) is 12.0 Å². The standard InChI is InChI=1S/C14H23N/c1-12-8-9-13(2)15(10-12)11-14-6-4-3-5-7-14/h4,6-7,12-13H,3,5,8-11H2,1-2H3/t12-,13?/m1/s1. The van der Waals surface area contributed by atoms with Crippen LogP contribution in [0.15, 0.2) is 23.8 Å². The molecule has 2 aliphatic rings. The van der Waals surface area contributed by atoms with Gasteiger partial charge in [0.15, 0.2) is 0 Å². The van der Waals surface area contributed by atoms with Crippen molar-refractivity contribution in [2.75, 3.05) is 13.1 Å². The molecule has 15 heavy (non-hydrogen) atoms. The molecule has 1 unspecified atom stereocenters. The zero-order valence-corrected chi connectivity index (χ0v) is 10.1. The topological polar surface area (TPSA) is 3.24 Å². The fraction of sp³-hybridized carbons (Fsp3) is 0.714. The summed E-state index contributed by atoms with van der Waals surface area (Å²) in [5, 5.41) is 0. The van der Waals surface area contributed by atoms with Gasteiger partial charge in [0, 0.05) is 19.1 Å². The van der Waals surface area contributed by atoms with Gasteiger partial charge in [0.1, 0.15) is 0 Å². The highest BCUT2D eigenvalue weighted by Crippen LogP contribution is 2.23. The van der Waals surface area contributed by atoms with Crippen LogP contribution in [0.1, 0.15) is 39.5 Å². The molecule has 2 atom stereocenters. The van der Waals surface area contributed by atoms with Crippen molar-refractivity contribution in [3.63, 3.8) is 0 Å². The quantitative estimate of drug-likeness (QED) is 0.668. The molecule has 0 amide bonds. The molecule has 0 aromatic carbocycles. The van der Waals surface area contributed by atoms with Crippen molar-refractivity contribution >= 4 is 0 Å². The molecule has 0 saturated carbocycles. The summed E-state index contributed by atoms with van der Waals surface area (Å²) < 4.78 is 0. The zero-order chi connectivity index (χ0) is 10.7. The van der Waals surface area contributed by atoms with Crippen LogP contribution < -0.4 is 0 Å². The van der Waals surface area contributed by atoms with Crippen LogP contribution >= 0.6 is 0 Å². The lowest BCUT2D eigenvalue weighted by molar-refractivity contribution is 0.137. The maximum atomic E-state index is 2.65. The van der Waals surface area contributed by atoms with Crippen molar-refractivity contribution in [3.8, 4) is 0 Å². The first-order valence-corrected chi connectivity index (χ1v) is 6.35. The Morgan fingerprint density at radius 2 is 2.13 bits per heavy atom. The first-order chi connectivity index (χ1) is 7.25. The van der Waals surface area contributed by atoms with Gasteiger partial charge < -0.3 is 0 Å². The predicted octanol–water partition coefficient (Wildman–Crippen LogP) is 3.38. The van der Waals surface area contributed by atoms with Crippen molar-refractivity contribution in [1.29, 1.82) is 0 Å². The van der Waals surface area contributed by atoms with Crippen molar-refractivity contribution in [1.82, 2.24) is 4.90 Å². The number of likely N-dealkylation sites (tertiary alicyclic amines) is 1. The molecule has 84 valence electrons. The minimum atomic E-state index is 0.775. The smallest absolute Gasteiger partial charge is 0.0233 e. The number of hydrogen-bond donors (Lipinski definition) is 0. The molecule has 0 radical (unpaired) electrons. The molecule has 1 aliphatic carbocycles. The van der Waals surface area contributed by atoms with Gasteiger partial charge in [-0.1, -0.05) is 25.2 Å². The van der Waals surface area contributed by atoms with E-state index in [4.69, 9.17) is 0 Å². The third-order valence-corrected chi connectivity index (χ3v) is 3.70. The molecule has 0 bridgehead atoms. The highest BCUT2D eigenvalue weighted by atomic mass is 15.2. The summed E-state index contributed by atoms with van der Waals surface area (Å²) >= 11 is 0. The molecule has 1 saturated heterocycles. The van der Waals surface area contributed by atoms with Gasteiger partial charge in [-0.25, -0.2) is 0 Å². The third-order valence-electron chi connectivity index (χ3n) is 3.70. The third kappa shape index (κ3) is 2.94. The average molecular weight is 205 g/mol. The second-order valence-electron chi connectivity index (χ2n) is 5.22. The number of piperidine rings is 1. The van der Waals surface area contributed by atoms with E-state index in [0.29, 0.717) is 0 Å². The Bertz CT molecular complexity index is 265. The summed E-state index contributed by atoms with van der Waals surface area (Å²) in [4.78, 5) is 2.65. The fourth-order valence-electron chi connectivity index (χ4n) is 2.62. The van der Waals surface area contributed by atoms with Crippen LogP contribution in [0.5, 0.6) is 0 Å². The summed E-state index contributed by atoms with van der Waals surface area (Å²) in [6.07, 6.45) is 12.3.